The Morgan fingerprint density at radius 1 is 1.10 bits per heavy atom. The van der Waals surface area contributed by atoms with E-state index in [9.17, 15) is 4.79 Å². The van der Waals surface area contributed by atoms with Gasteiger partial charge in [0, 0.05) is 10.5 Å². The van der Waals surface area contributed by atoms with Crippen LogP contribution in [-0.2, 0) is 4.79 Å². The van der Waals surface area contributed by atoms with Crippen molar-refractivity contribution in [2.75, 3.05) is 0 Å². The van der Waals surface area contributed by atoms with Crippen LogP contribution in [0.5, 0.6) is 0 Å². The molecule has 148 valence electrons. The number of thiazole rings is 1. The van der Waals surface area contributed by atoms with Crippen LogP contribution in [0.25, 0.3) is 16.3 Å². The number of thioether (sulfide) groups is 1. The van der Waals surface area contributed by atoms with E-state index in [1.165, 1.54) is 23.5 Å². The summed E-state index contributed by atoms with van der Waals surface area (Å²) in [5, 5.41) is 4.06. The second-order valence-corrected chi connectivity index (χ2v) is 10.4. The number of amides is 1. The summed E-state index contributed by atoms with van der Waals surface area (Å²) < 4.78 is 8.92. The lowest BCUT2D eigenvalue weighted by atomic mass is 10.3. The van der Waals surface area contributed by atoms with Crippen molar-refractivity contribution in [3.63, 3.8) is 0 Å². The Balaban J connectivity index is 1.31. The van der Waals surface area contributed by atoms with Gasteiger partial charge in [-0.1, -0.05) is 28.1 Å². The van der Waals surface area contributed by atoms with Gasteiger partial charge in [-0.05, 0) is 72.1 Å². The summed E-state index contributed by atoms with van der Waals surface area (Å²) in [6, 6.07) is 19.3. The van der Waals surface area contributed by atoms with Crippen LogP contribution in [0.4, 0.5) is 5.69 Å². The molecule has 1 aliphatic rings. The number of nitrogens with one attached hydrogen (secondary N) is 1. The fourth-order valence-electron chi connectivity index (χ4n) is 2.69. The van der Waals surface area contributed by atoms with E-state index in [1.54, 1.807) is 17.4 Å². The number of halogens is 1. The number of furan rings is 1. The maximum Gasteiger partial charge on any atom is 0.264 e. The van der Waals surface area contributed by atoms with E-state index in [1.807, 2.05) is 54.6 Å². The molecule has 2 aromatic carbocycles. The number of carbonyl (C=O) groups excluding carboxylic acids is 1. The molecule has 4 aromatic rings. The van der Waals surface area contributed by atoms with E-state index in [-0.39, 0.29) is 5.91 Å². The predicted octanol–water partition coefficient (Wildman–Crippen LogP) is 6.69. The smallest absolute Gasteiger partial charge is 0.264 e. The van der Waals surface area contributed by atoms with Gasteiger partial charge < -0.3 is 9.73 Å². The van der Waals surface area contributed by atoms with Gasteiger partial charge in [-0.25, -0.2) is 9.98 Å². The number of nitrogens with zero attached hydrogens (tertiary/aromatic N) is 2. The average Bonchev–Trinajstić information content (AvgIpc) is 3.43. The number of aromatic nitrogens is 1. The first-order valence-corrected chi connectivity index (χ1v) is 12.0. The molecule has 3 heterocycles. The Labute approximate surface area is 192 Å². The summed E-state index contributed by atoms with van der Waals surface area (Å²) in [5.74, 6) is 0.425. The number of benzene rings is 2. The number of carbonyl (C=O) groups is 1. The third kappa shape index (κ3) is 4.39. The molecule has 30 heavy (non-hydrogen) atoms. The molecule has 1 aliphatic heterocycles. The summed E-state index contributed by atoms with van der Waals surface area (Å²) in [6.45, 7) is 0. The molecule has 0 bridgehead atoms. The third-order valence-corrected chi connectivity index (χ3v) is 7.50. The lowest BCUT2D eigenvalue weighted by Gasteiger charge is -1.96. The molecule has 0 saturated carbocycles. The summed E-state index contributed by atoms with van der Waals surface area (Å²) in [4.78, 5) is 21.9. The molecule has 0 unspecified atom stereocenters. The first-order chi connectivity index (χ1) is 14.6. The second-order valence-electron chi connectivity index (χ2n) is 6.16. The average molecular weight is 514 g/mol. The molecule has 5 rings (SSSR count). The third-order valence-electron chi connectivity index (χ3n) is 4.05. The maximum absolute atomic E-state index is 12.3. The molecule has 1 fully saturated rings. The van der Waals surface area contributed by atoms with Crippen molar-refractivity contribution in [3.05, 3.63) is 75.8 Å². The highest BCUT2D eigenvalue weighted by molar-refractivity contribution is 9.10. The summed E-state index contributed by atoms with van der Waals surface area (Å²) in [6.07, 6.45) is 1.73. The lowest BCUT2D eigenvalue weighted by molar-refractivity contribution is -0.115. The zero-order chi connectivity index (χ0) is 20.5. The molecule has 1 amide bonds. The van der Waals surface area contributed by atoms with Crippen molar-refractivity contribution in [1.82, 2.24) is 10.3 Å². The van der Waals surface area contributed by atoms with Crippen LogP contribution in [0, 0.1) is 0 Å². The monoisotopic (exact) mass is 513 g/mol. The topological polar surface area (TPSA) is 67.5 Å². The number of fused-ring (bicyclic) bond motifs is 1. The molecule has 0 radical (unpaired) electrons. The van der Waals surface area contributed by atoms with E-state index in [0.29, 0.717) is 15.8 Å². The summed E-state index contributed by atoms with van der Waals surface area (Å²) >= 11 is 7.79. The van der Waals surface area contributed by atoms with Gasteiger partial charge in [-0.2, -0.15) is 0 Å². The Hall–Kier alpha value is -2.33. The van der Waals surface area contributed by atoms with Crippen molar-refractivity contribution in [1.29, 1.82) is 0 Å². The van der Waals surface area contributed by atoms with Crippen LogP contribution >= 0.6 is 50.8 Å². The van der Waals surface area contributed by atoms with Gasteiger partial charge in [0.1, 0.15) is 5.76 Å². The minimum Gasteiger partial charge on any atom is -0.450 e. The number of hydrogen-bond donors (Lipinski definition) is 1. The van der Waals surface area contributed by atoms with Gasteiger partial charge in [-0.3, -0.25) is 4.79 Å². The van der Waals surface area contributed by atoms with Crippen LogP contribution in [0.3, 0.4) is 0 Å². The zero-order valence-corrected chi connectivity index (χ0v) is 19.2. The summed E-state index contributed by atoms with van der Waals surface area (Å²) in [7, 11) is 0. The molecule has 1 N–H and O–H groups in total. The van der Waals surface area contributed by atoms with Crippen LogP contribution in [0.15, 0.2) is 88.9 Å². The highest BCUT2D eigenvalue weighted by Gasteiger charge is 2.24. The van der Waals surface area contributed by atoms with Crippen molar-refractivity contribution in [2.24, 2.45) is 4.99 Å². The van der Waals surface area contributed by atoms with Gasteiger partial charge in [0.2, 0.25) is 0 Å². The highest BCUT2D eigenvalue weighted by atomic mass is 79.9. The van der Waals surface area contributed by atoms with Crippen LogP contribution in [0.1, 0.15) is 5.76 Å². The van der Waals surface area contributed by atoms with Crippen LogP contribution in [-0.4, -0.2) is 16.1 Å². The molecular weight excluding hydrogens is 502 g/mol. The maximum atomic E-state index is 12.3. The predicted molar refractivity (Wildman–Crippen MR) is 127 cm³/mol. The van der Waals surface area contributed by atoms with Crippen LogP contribution in [0.2, 0.25) is 0 Å². The van der Waals surface area contributed by atoms with Gasteiger partial charge in [0.15, 0.2) is 14.6 Å². The van der Waals surface area contributed by atoms with Gasteiger partial charge in [-0.15, -0.1) is 11.3 Å². The Morgan fingerprint density at radius 3 is 2.77 bits per heavy atom. The molecule has 0 spiro atoms. The Kier molecular flexibility index (Phi) is 5.51. The lowest BCUT2D eigenvalue weighted by Crippen LogP contribution is -2.19. The van der Waals surface area contributed by atoms with Crippen molar-refractivity contribution in [3.8, 4) is 0 Å². The van der Waals surface area contributed by atoms with Gasteiger partial charge >= 0.3 is 0 Å². The molecule has 0 atom stereocenters. The van der Waals surface area contributed by atoms with Crippen molar-refractivity contribution in [2.45, 2.75) is 9.43 Å². The van der Waals surface area contributed by atoms with Crippen LogP contribution < -0.4 is 5.32 Å². The number of hydrogen-bond acceptors (Lipinski definition) is 7. The first-order valence-electron chi connectivity index (χ1n) is 8.81. The summed E-state index contributed by atoms with van der Waals surface area (Å²) in [5.41, 5.74) is 1.75. The zero-order valence-electron chi connectivity index (χ0n) is 15.2. The van der Waals surface area contributed by atoms with E-state index < -0.39 is 0 Å². The molecule has 2 aromatic heterocycles. The van der Waals surface area contributed by atoms with E-state index in [0.717, 1.165) is 29.8 Å². The normalized spacial score (nSPS) is 16.6. The molecule has 1 saturated heterocycles. The molecule has 5 nitrogen and oxygen atoms in total. The Bertz CT molecular complexity index is 1280. The Morgan fingerprint density at radius 2 is 1.93 bits per heavy atom. The van der Waals surface area contributed by atoms with E-state index in [2.05, 4.69) is 37.3 Å². The standard InChI is InChI=1S/C21H12BrN3O2S3/c22-12-5-7-13(8-6-12)23-20-25-19(26)17(28-20)11-14-9-10-18(27-14)30-21-24-15-3-1-2-4-16(15)29-21/h1-11H,(H,23,25,26)/b17-11-. The minimum atomic E-state index is -0.187. The number of rotatable bonds is 4. The largest absolute Gasteiger partial charge is 0.450 e. The SMILES string of the molecule is O=C1NC(=Nc2ccc(Br)cc2)S/C1=C\c1ccc(Sc2nc3ccccc3s2)o1. The number of amidine groups is 1. The minimum absolute atomic E-state index is 0.187. The molecule has 9 heteroatoms. The van der Waals surface area contributed by atoms with Gasteiger partial charge in [0.25, 0.3) is 5.91 Å². The van der Waals surface area contributed by atoms with Crippen molar-refractivity contribution < 1.29 is 9.21 Å². The van der Waals surface area contributed by atoms with Gasteiger partial charge in [0.05, 0.1) is 20.8 Å². The highest BCUT2D eigenvalue weighted by Crippen LogP contribution is 2.36. The number of aliphatic imine (C=N–C) groups is 1. The number of para-hydroxylation sites is 1. The first kappa shape index (κ1) is 19.6. The molecular formula is C21H12BrN3O2S3. The molecule has 0 aliphatic carbocycles. The fraction of sp³-hybridized carbons (Fsp3) is 0. The quantitative estimate of drug-likeness (QED) is 0.307. The van der Waals surface area contributed by atoms with E-state index >= 15 is 0 Å². The second kappa shape index (κ2) is 8.43. The van der Waals surface area contributed by atoms with Crippen molar-refractivity contribution >= 4 is 83.8 Å². The fourth-order valence-corrected chi connectivity index (χ4v) is 5.75. The van der Waals surface area contributed by atoms with E-state index in [4.69, 9.17) is 4.42 Å².